The second-order valence-corrected chi connectivity index (χ2v) is 3.44. The molecule has 0 aromatic heterocycles. The first-order chi connectivity index (χ1) is 5.97. The highest BCUT2D eigenvalue weighted by molar-refractivity contribution is 5.21. The lowest BCUT2D eigenvalue weighted by atomic mass is 9.84. The molecule has 0 N–H and O–H groups in total. The average molecular weight is 158 g/mol. The summed E-state index contributed by atoms with van der Waals surface area (Å²) in [6.07, 6.45) is 7.80. The van der Waals surface area contributed by atoms with E-state index in [0.717, 1.165) is 0 Å². The van der Waals surface area contributed by atoms with Gasteiger partial charge >= 0.3 is 0 Å². The first-order valence-electron chi connectivity index (χ1n) is 4.77. The molecule has 2 radical (unpaired) electrons. The minimum Gasteiger partial charge on any atom is -0.0619 e. The summed E-state index contributed by atoms with van der Waals surface area (Å²) in [5.41, 5.74) is 1.37. The van der Waals surface area contributed by atoms with Gasteiger partial charge in [0.25, 0.3) is 0 Å². The van der Waals surface area contributed by atoms with Crippen LogP contribution < -0.4 is 0 Å². The Kier molecular flexibility index (Phi) is 2.45. The second-order valence-electron chi connectivity index (χ2n) is 3.44. The van der Waals surface area contributed by atoms with E-state index >= 15 is 0 Å². The molecule has 62 valence electrons. The van der Waals surface area contributed by atoms with Gasteiger partial charge in [0.15, 0.2) is 0 Å². The highest BCUT2D eigenvalue weighted by Gasteiger charge is 2.14. The average Bonchev–Trinajstić information content (AvgIpc) is 2.21. The van der Waals surface area contributed by atoms with E-state index in [2.05, 4.69) is 24.6 Å². The molecule has 1 aromatic carbocycles. The zero-order valence-corrected chi connectivity index (χ0v) is 7.29. The fourth-order valence-corrected chi connectivity index (χ4v) is 1.87. The van der Waals surface area contributed by atoms with E-state index in [0.29, 0.717) is 5.92 Å². The molecule has 0 aliphatic heterocycles. The molecule has 12 heavy (non-hydrogen) atoms. The summed E-state index contributed by atoms with van der Waals surface area (Å²) in [6, 6.07) is 11.6. The summed E-state index contributed by atoms with van der Waals surface area (Å²) in [5.74, 6) is 0.681. The van der Waals surface area contributed by atoms with Gasteiger partial charge in [0.05, 0.1) is 0 Å². The maximum absolute atomic E-state index is 3.31. The first kappa shape index (κ1) is 7.85. The van der Waals surface area contributed by atoms with Crippen LogP contribution in [0.1, 0.15) is 37.2 Å². The summed E-state index contributed by atoms with van der Waals surface area (Å²) in [4.78, 5) is 0. The Morgan fingerprint density at radius 3 is 2.92 bits per heavy atom. The van der Waals surface area contributed by atoms with E-state index < -0.39 is 0 Å². The Morgan fingerprint density at radius 2 is 2.25 bits per heavy atom. The van der Waals surface area contributed by atoms with E-state index in [1.807, 2.05) is 12.1 Å². The molecular formula is C12H14. The van der Waals surface area contributed by atoms with Crippen LogP contribution in [-0.4, -0.2) is 0 Å². The van der Waals surface area contributed by atoms with Crippen molar-refractivity contribution in [2.45, 2.75) is 31.6 Å². The lowest BCUT2D eigenvalue weighted by Gasteiger charge is -2.20. The van der Waals surface area contributed by atoms with Crippen molar-refractivity contribution in [1.82, 2.24) is 0 Å². The van der Waals surface area contributed by atoms with Crippen molar-refractivity contribution in [3.63, 3.8) is 0 Å². The van der Waals surface area contributed by atoms with E-state index in [1.165, 1.54) is 31.2 Å². The van der Waals surface area contributed by atoms with Crippen molar-refractivity contribution in [1.29, 1.82) is 0 Å². The summed E-state index contributed by atoms with van der Waals surface area (Å²) in [6.45, 7) is 0. The third-order valence-electron chi connectivity index (χ3n) is 2.55. The molecule has 1 aliphatic rings. The Balaban J connectivity index is 2.08. The maximum atomic E-state index is 3.31. The molecule has 1 saturated carbocycles. The van der Waals surface area contributed by atoms with Gasteiger partial charge in [-0.05, 0) is 36.8 Å². The maximum Gasteiger partial charge on any atom is -0.0125 e. The molecule has 0 spiro atoms. The standard InChI is InChI=1S/C12H14/c1-3-7-11(8-4-1)12-9-5-2-6-10-12/h1,3-4,7,9,12H,2,5-6,10H2. The Morgan fingerprint density at radius 1 is 1.25 bits per heavy atom. The van der Waals surface area contributed by atoms with Crippen LogP contribution in [0, 0.1) is 12.5 Å². The lowest BCUT2D eigenvalue weighted by molar-refractivity contribution is 0.533. The molecule has 0 bridgehead atoms. The summed E-state index contributed by atoms with van der Waals surface area (Å²) in [7, 11) is 0. The van der Waals surface area contributed by atoms with Crippen molar-refractivity contribution >= 4 is 0 Å². The molecule has 0 heterocycles. The second kappa shape index (κ2) is 3.75. The summed E-state index contributed by atoms with van der Waals surface area (Å²) < 4.78 is 0. The number of hydrogen-bond donors (Lipinski definition) is 0. The molecule has 1 aliphatic carbocycles. The van der Waals surface area contributed by atoms with Crippen LogP contribution in [0.15, 0.2) is 24.3 Å². The highest BCUT2D eigenvalue weighted by Crippen LogP contribution is 2.30. The third kappa shape index (κ3) is 1.69. The van der Waals surface area contributed by atoms with Crippen LogP contribution in [0.2, 0.25) is 0 Å². The zero-order chi connectivity index (χ0) is 8.23. The van der Waals surface area contributed by atoms with Crippen molar-refractivity contribution in [2.75, 3.05) is 0 Å². The Bertz CT molecular complexity index is 219. The molecule has 2 rings (SSSR count). The fraction of sp³-hybridized carbons (Fsp3) is 0.417. The van der Waals surface area contributed by atoms with Gasteiger partial charge in [-0.25, -0.2) is 0 Å². The van der Waals surface area contributed by atoms with Gasteiger partial charge < -0.3 is 0 Å². The first-order valence-corrected chi connectivity index (χ1v) is 4.77. The van der Waals surface area contributed by atoms with Gasteiger partial charge in [0.1, 0.15) is 0 Å². The molecule has 0 amide bonds. The topological polar surface area (TPSA) is 0 Å². The van der Waals surface area contributed by atoms with E-state index in [4.69, 9.17) is 0 Å². The zero-order valence-electron chi connectivity index (χ0n) is 7.29. The molecule has 1 unspecified atom stereocenters. The lowest BCUT2D eigenvalue weighted by Crippen LogP contribution is -2.04. The van der Waals surface area contributed by atoms with Gasteiger partial charge in [-0.3, -0.25) is 0 Å². The number of hydrogen-bond acceptors (Lipinski definition) is 0. The normalized spacial score (nSPS) is 19.3. The predicted molar refractivity (Wildman–Crippen MR) is 50.8 cm³/mol. The van der Waals surface area contributed by atoms with Crippen LogP contribution in [0.3, 0.4) is 0 Å². The molecule has 0 heteroatoms. The Labute approximate surface area is 74.6 Å². The van der Waals surface area contributed by atoms with Gasteiger partial charge in [-0.15, -0.1) is 0 Å². The molecule has 0 saturated heterocycles. The summed E-state index contributed by atoms with van der Waals surface area (Å²) in [5, 5.41) is 0. The monoisotopic (exact) mass is 158 g/mol. The number of benzene rings is 1. The molecule has 1 aromatic rings. The van der Waals surface area contributed by atoms with Gasteiger partial charge in [0.2, 0.25) is 0 Å². The van der Waals surface area contributed by atoms with Gasteiger partial charge in [0, 0.05) is 0 Å². The quantitative estimate of drug-likeness (QED) is 0.588. The van der Waals surface area contributed by atoms with Crippen LogP contribution >= 0.6 is 0 Å². The van der Waals surface area contributed by atoms with E-state index in [1.54, 1.807) is 0 Å². The van der Waals surface area contributed by atoms with Crippen LogP contribution in [0.25, 0.3) is 0 Å². The highest BCUT2D eigenvalue weighted by atomic mass is 14.2. The van der Waals surface area contributed by atoms with E-state index in [-0.39, 0.29) is 0 Å². The van der Waals surface area contributed by atoms with Crippen molar-refractivity contribution < 1.29 is 0 Å². The van der Waals surface area contributed by atoms with Gasteiger partial charge in [-0.1, -0.05) is 37.1 Å². The molecule has 0 nitrogen and oxygen atoms in total. The van der Waals surface area contributed by atoms with Crippen molar-refractivity contribution in [3.8, 4) is 0 Å². The van der Waals surface area contributed by atoms with Crippen molar-refractivity contribution in [3.05, 3.63) is 42.3 Å². The van der Waals surface area contributed by atoms with Crippen molar-refractivity contribution in [2.24, 2.45) is 0 Å². The van der Waals surface area contributed by atoms with Gasteiger partial charge in [-0.2, -0.15) is 0 Å². The van der Waals surface area contributed by atoms with Crippen LogP contribution in [0.4, 0.5) is 0 Å². The minimum absolute atomic E-state index is 0.681. The Hall–Kier alpha value is -0.780. The van der Waals surface area contributed by atoms with Crippen LogP contribution in [0.5, 0.6) is 0 Å². The third-order valence-corrected chi connectivity index (χ3v) is 2.55. The predicted octanol–water partition coefficient (Wildman–Crippen LogP) is 3.35. The van der Waals surface area contributed by atoms with Crippen LogP contribution in [-0.2, 0) is 0 Å². The van der Waals surface area contributed by atoms with E-state index in [9.17, 15) is 0 Å². The minimum atomic E-state index is 0.681. The molecule has 1 fully saturated rings. The molecule has 1 atom stereocenters. The smallest absolute Gasteiger partial charge is 0.0125 e. The number of rotatable bonds is 1. The SMILES string of the molecule is [c]1ccccc1C1[CH]CCCC1. The molecular weight excluding hydrogens is 144 g/mol. The summed E-state index contributed by atoms with van der Waals surface area (Å²) >= 11 is 0. The fourth-order valence-electron chi connectivity index (χ4n) is 1.87. The largest absolute Gasteiger partial charge is 0.0619 e.